The molecule has 0 amide bonds. The van der Waals surface area contributed by atoms with Gasteiger partial charge in [-0.25, -0.2) is 8.78 Å². The predicted octanol–water partition coefficient (Wildman–Crippen LogP) is 3.06. The van der Waals surface area contributed by atoms with Crippen molar-refractivity contribution in [2.24, 2.45) is 5.73 Å². The number of halogens is 3. The summed E-state index contributed by atoms with van der Waals surface area (Å²) in [6, 6.07) is 0.803. The monoisotopic (exact) mass is 261 g/mol. The molecule has 0 saturated carbocycles. The number of nitrogens with two attached hydrogens (primary N) is 1. The Bertz CT molecular complexity index is 379. The van der Waals surface area contributed by atoms with E-state index < -0.39 is 11.6 Å². The Morgan fingerprint density at radius 3 is 2.86 bits per heavy atom. The van der Waals surface area contributed by atoms with E-state index in [4.69, 9.17) is 5.73 Å². The van der Waals surface area contributed by atoms with E-state index in [0.29, 0.717) is 10.0 Å². The molecule has 1 nitrogen and oxygen atoms in total. The molecule has 0 bridgehead atoms. The predicted molar refractivity (Wildman–Crippen MR) is 53.9 cm³/mol. The van der Waals surface area contributed by atoms with E-state index in [9.17, 15) is 8.78 Å². The number of fused-ring (bicyclic) bond motifs is 1. The highest BCUT2D eigenvalue weighted by atomic mass is 79.9. The highest BCUT2D eigenvalue weighted by Gasteiger charge is 2.25. The fraction of sp³-hybridized carbons (Fsp3) is 0.400. The Morgan fingerprint density at radius 2 is 2.14 bits per heavy atom. The van der Waals surface area contributed by atoms with Crippen LogP contribution in [-0.4, -0.2) is 0 Å². The van der Waals surface area contributed by atoms with E-state index in [-0.39, 0.29) is 6.04 Å². The molecule has 1 aliphatic carbocycles. The lowest BCUT2D eigenvalue weighted by atomic mass is 9.88. The van der Waals surface area contributed by atoms with Gasteiger partial charge in [-0.1, -0.05) is 15.9 Å². The van der Waals surface area contributed by atoms with Crippen molar-refractivity contribution in [1.82, 2.24) is 0 Å². The average molecular weight is 262 g/mol. The van der Waals surface area contributed by atoms with E-state index in [0.717, 1.165) is 24.8 Å². The van der Waals surface area contributed by atoms with Crippen LogP contribution in [0.5, 0.6) is 0 Å². The summed E-state index contributed by atoms with van der Waals surface area (Å²) >= 11 is 3.23. The van der Waals surface area contributed by atoms with Gasteiger partial charge in [0.05, 0.1) is 0 Å². The van der Waals surface area contributed by atoms with Crippen molar-refractivity contribution in [3.8, 4) is 0 Å². The maximum Gasteiger partial charge on any atom is 0.163 e. The van der Waals surface area contributed by atoms with Crippen LogP contribution in [0.15, 0.2) is 10.5 Å². The molecule has 0 saturated heterocycles. The van der Waals surface area contributed by atoms with Crippen molar-refractivity contribution in [3.63, 3.8) is 0 Å². The van der Waals surface area contributed by atoms with Gasteiger partial charge in [0, 0.05) is 16.1 Å². The van der Waals surface area contributed by atoms with Crippen LogP contribution in [0.3, 0.4) is 0 Å². The molecule has 0 heterocycles. The summed E-state index contributed by atoms with van der Waals surface area (Å²) < 4.78 is 27.1. The molecule has 0 aromatic heterocycles. The van der Waals surface area contributed by atoms with Crippen molar-refractivity contribution < 1.29 is 8.78 Å². The van der Waals surface area contributed by atoms with E-state index in [2.05, 4.69) is 15.9 Å². The van der Waals surface area contributed by atoms with Gasteiger partial charge in [0.2, 0.25) is 0 Å². The van der Waals surface area contributed by atoms with Crippen LogP contribution in [0.2, 0.25) is 0 Å². The smallest absolute Gasteiger partial charge is 0.163 e. The summed E-state index contributed by atoms with van der Waals surface area (Å²) in [7, 11) is 0. The van der Waals surface area contributed by atoms with Crippen molar-refractivity contribution in [3.05, 3.63) is 33.3 Å². The van der Waals surface area contributed by atoms with Gasteiger partial charge in [-0.05, 0) is 30.9 Å². The third-order valence-electron chi connectivity index (χ3n) is 2.63. The molecule has 0 spiro atoms. The number of hydrogen-bond acceptors (Lipinski definition) is 1. The Balaban J connectivity index is 2.67. The van der Waals surface area contributed by atoms with Crippen LogP contribution in [0.25, 0.3) is 0 Å². The van der Waals surface area contributed by atoms with Gasteiger partial charge in [-0.15, -0.1) is 0 Å². The maximum absolute atomic E-state index is 13.4. The SMILES string of the molecule is NC1CCCc2c(Br)cc(F)c(F)c21. The third kappa shape index (κ3) is 1.46. The molecule has 2 rings (SSSR count). The highest BCUT2D eigenvalue weighted by Crippen LogP contribution is 2.35. The zero-order chi connectivity index (χ0) is 10.3. The minimum absolute atomic E-state index is 0.350. The van der Waals surface area contributed by atoms with Gasteiger partial charge in [0.15, 0.2) is 11.6 Å². The number of rotatable bonds is 0. The lowest BCUT2D eigenvalue weighted by molar-refractivity contribution is 0.463. The lowest BCUT2D eigenvalue weighted by Gasteiger charge is -2.23. The molecule has 1 unspecified atom stereocenters. The molecule has 0 radical (unpaired) electrons. The standard InChI is InChI=1S/C10H10BrF2N/c11-6-4-7(12)10(13)9-5(6)2-1-3-8(9)14/h4,8H,1-3,14H2. The second kappa shape index (κ2) is 3.59. The van der Waals surface area contributed by atoms with Crippen LogP contribution in [0.1, 0.15) is 30.0 Å². The summed E-state index contributed by atoms with van der Waals surface area (Å²) in [6.45, 7) is 0. The second-order valence-electron chi connectivity index (χ2n) is 3.55. The molecule has 1 atom stereocenters. The van der Waals surface area contributed by atoms with Gasteiger partial charge in [0.25, 0.3) is 0 Å². The Kier molecular flexibility index (Phi) is 2.58. The van der Waals surface area contributed by atoms with Gasteiger partial charge in [-0.3, -0.25) is 0 Å². The normalized spacial score (nSPS) is 20.7. The zero-order valence-electron chi connectivity index (χ0n) is 7.49. The number of benzene rings is 1. The zero-order valence-corrected chi connectivity index (χ0v) is 9.07. The highest BCUT2D eigenvalue weighted by molar-refractivity contribution is 9.10. The molecule has 1 aliphatic rings. The quantitative estimate of drug-likeness (QED) is 0.714. The lowest BCUT2D eigenvalue weighted by Crippen LogP contribution is -2.20. The molecule has 0 aliphatic heterocycles. The Hall–Kier alpha value is -0.480. The van der Waals surface area contributed by atoms with Crippen LogP contribution < -0.4 is 5.73 Å². The van der Waals surface area contributed by atoms with Crippen LogP contribution in [0.4, 0.5) is 8.78 Å². The van der Waals surface area contributed by atoms with Gasteiger partial charge in [0.1, 0.15) is 0 Å². The van der Waals surface area contributed by atoms with Gasteiger partial charge >= 0.3 is 0 Å². The first kappa shape index (κ1) is 10.1. The Morgan fingerprint density at radius 1 is 1.43 bits per heavy atom. The van der Waals surface area contributed by atoms with Crippen LogP contribution >= 0.6 is 15.9 Å². The summed E-state index contributed by atoms with van der Waals surface area (Å²) in [6.07, 6.45) is 2.42. The summed E-state index contributed by atoms with van der Waals surface area (Å²) in [5, 5.41) is 0. The first-order valence-corrected chi connectivity index (χ1v) is 5.32. The van der Waals surface area contributed by atoms with E-state index >= 15 is 0 Å². The molecular weight excluding hydrogens is 252 g/mol. The van der Waals surface area contributed by atoms with E-state index in [1.165, 1.54) is 6.07 Å². The topological polar surface area (TPSA) is 26.0 Å². The average Bonchev–Trinajstić information content (AvgIpc) is 2.14. The summed E-state index contributed by atoms with van der Waals surface area (Å²) in [5.41, 5.74) is 6.93. The van der Waals surface area contributed by atoms with Crippen molar-refractivity contribution >= 4 is 15.9 Å². The summed E-state index contributed by atoms with van der Waals surface area (Å²) in [5.74, 6) is -1.61. The molecule has 76 valence electrons. The molecule has 14 heavy (non-hydrogen) atoms. The molecule has 0 fully saturated rings. The van der Waals surface area contributed by atoms with E-state index in [1.54, 1.807) is 0 Å². The minimum atomic E-state index is -0.826. The summed E-state index contributed by atoms with van der Waals surface area (Å²) in [4.78, 5) is 0. The molecule has 4 heteroatoms. The van der Waals surface area contributed by atoms with E-state index in [1.807, 2.05) is 0 Å². The third-order valence-corrected chi connectivity index (χ3v) is 3.33. The fourth-order valence-corrected chi connectivity index (χ4v) is 2.55. The Labute approximate surface area is 89.4 Å². The number of hydrogen-bond donors (Lipinski definition) is 1. The van der Waals surface area contributed by atoms with Gasteiger partial charge < -0.3 is 5.73 Å². The maximum atomic E-state index is 13.4. The molecule has 1 aromatic carbocycles. The molecule has 1 aromatic rings. The fourth-order valence-electron chi connectivity index (χ4n) is 1.94. The second-order valence-corrected chi connectivity index (χ2v) is 4.40. The first-order chi connectivity index (χ1) is 6.61. The molecule has 2 N–H and O–H groups in total. The minimum Gasteiger partial charge on any atom is -0.324 e. The van der Waals surface area contributed by atoms with Crippen molar-refractivity contribution in [2.75, 3.05) is 0 Å². The van der Waals surface area contributed by atoms with Gasteiger partial charge in [-0.2, -0.15) is 0 Å². The largest absolute Gasteiger partial charge is 0.324 e. The molecular formula is C10H10BrF2N. The van der Waals surface area contributed by atoms with Crippen LogP contribution in [0, 0.1) is 11.6 Å². The first-order valence-electron chi connectivity index (χ1n) is 4.53. The van der Waals surface area contributed by atoms with Crippen molar-refractivity contribution in [2.45, 2.75) is 25.3 Å². The van der Waals surface area contributed by atoms with Crippen molar-refractivity contribution in [1.29, 1.82) is 0 Å². The van der Waals surface area contributed by atoms with Crippen LogP contribution in [-0.2, 0) is 6.42 Å².